The Labute approximate surface area is 192 Å². The molecule has 0 amide bonds. The fourth-order valence-corrected chi connectivity index (χ4v) is 4.66. The van der Waals surface area contributed by atoms with E-state index in [0.29, 0.717) is 11.1 Å². The van der Waals surface area contributed by atoms with Crippen molar-refractivity contribution in [2.45, 2.75) is 23.7 Å². The van der Waals surface area contributed by atoms with Crippen molar-refractivity contribution < 1.29 is 19.4 Å². The van der Waals surface area contributed by atoms with E-state index in [1.807, 2.05) is 66.7 Å². The standard InChI is InChI=1S/C24H20Br2O4/c1-29-22(27)24(18-9-13-20(26)14-10-18)23(28,17-5-3-2-4-6-17)15-21(30-24)16-7-11-19(25)12-8-16/h2-14,21,28H,15H2,1H3/t21-,23-,24+/m0/s1. The largest absolute Gasteiger partial charge is 0.467 e. The van der Waals surface area contributed by atoms with Crippen molar-refractivity contribution in [2.75, 3.05) is 7.11 Å². The van der Waals surface area contributed by atoms with Gasteiger partial charge < -0.3 is 14.6 Å². The molecule has 0 bridgehead atoms. The highest BCUT2D eigenvalue weighted by Gasteiger charge is 2.66. The van der Waals surface area contributed by atoms with Gasteiger partial charge >= 0.3 is 5.97 Å². The molecule has 0 spiro atoms. The lowest BCUT2D eigenvalue weighted by Crippen LogP contribution is -2.52. The first-order valence-electron chi connectivity index (χ1n) is 9.46. The lowest BCUT2D eigenvalue weighted by Gasteiger charge is -2.39. The predicted molar refractivity (Wildman–Crippen MR) is 121 cm³/mol. The summed E-state index contributed by atoms with van der Waals surface area (Å²) in [4.78, 5) is 13.3. The van der Waals surface area contributed by atoms with Crippen LogP contribution >= 0.6 is 31.9 Å². The van der Waals surface area contributed by atoms with Crippen LogP contribution in [0.25, 0.3) is 0 Å². The van der Waals surface area contributed by atoms with Crippen LogP contribution < -0.4 is 0 Å². The number of hydrogen-bond acceptors (Lipinski definition) is 4. The van der Waals surface area contributed by atoms with Gasteiger partial charge in [-0.3, -0.25) is 0 Å². The van der Waals surface area contributed by atoms with E-state index in [9.17, 15) is 9.90 Å². The van der Waals surface area contributed by atoms with Crippen LogP contribution in [0.1, 0.15) is 29.2 Å². The Bertz CT molecular complexity index is 1040. The molecule has 0 radical (unpaired) electrons. The molecule has 1 saturated heterocycles. The average molecular weight is 532 g/mol. The van der Waals surface area contributed by atoms with E-state index in [1.54, 1.807) is 12.1 Å². The Hall–Kier alpha value is -1.99. The fraction of sp³-hybridized carbons (Fsp3) is 0.208. The van der Waals surface area contributed by atoms with Crippen molar-refractivity contribution in [2.24, 2.45) is 0 Å². The third-order valence-electron chi connectivity index (χ3n) is 5.60. The molecule has 1 fully saturated rings. The van der Waals surface area contributed by atoms with Crippen molar-refractivity contribution in [1.29, 1.82) is 0 Å². The molecular weight excluding hydrogens is 512 g/mol. The van der Waals surface area contributed by atoms with Crippen molar-refractivity contribution >= 4 is 37.8 Å². The highest BCUT2D eigenvalue weighted by atomic mass is 79.9. The van der Waals surface area contributed by atoms with Gasteiger partial charge in [-0.25, -0.2) is 4.79 Å². The Morgan fingerprint density at radius 3 is 2.07 bits per heavy atom. The summed E-state index contributed by atoms with van der Waals surface area (Å²) in [5.74, 6) is -0.643. The van der Waals surface area contributed by atoms with Gasteiger partial charge in [-0.15, -0.1) is 0 Å². The molecule has 0 saturated carbocycles. The minimum atomic E-state index is -1.72. The smallest absolute Gasteiger partial charge is 0.346 e. The number of rotatable bonds is 4. The molecule has 4 rings (SSSR count). The maximum atomic E-state index is 13.3. The van der Waals surface area contributed by atoms with Gasteiger partial charge in [0.1, 0.15) is 5.60 Å². The Morgan fingerprint density at radius 1 is 0.933 bits per heavy atom. The molecule has 3 aromatic carbocycles. The van der Waals surface area contributed by atoms with Crippen molar-refractivity contribution in [3.63, 3.8) is 0 Å². The van der Waals surface area contributed by atoms with Crippen molar-refractivity contribution in [3.05, 3.63) is 104 Å². The molecule has 0 unspecified atom stereocenters. The van der Waals surface area contributed by atoms with E-state index >= 15 is 0 Å². The van der Waals surface area contributed by atoms with Crippen LogP contribution in [-0.4, -0.2) is 18.2 Å². The second-order valence-electron chi connectivity index (χ2n) is 7.27. The van der Waals surface area contributed by atoms with Gasteiger partial charge in [0, 0.05) is 15.4 Å². The summed E-state index contributed by atoms with van der Waals surface area (Å²) < 4.78 is 13.5. The number of methoxy groups -OCH3 is 1. The normalized spacial score (nSPS) is 25.8. The third kappa shape index (κ3) is 3.42. The summed E-state index contributed by atoms with van der Waals surface area (Å²) in [6, 6.07) is 24.0. The second-order valence-corrected chi connectivity index (χ2v) is 9.10. The van der Waals surface area contributed by atoms with E-state index in [4.69, 9.17) is 9.47 Å². The third-order valence-corrected chi connectivity index (χ3v) is 6.66. The van der Waals surface area contributed by atoms with E-state index in [-0.39, 0.29) is 6.42 Å². The summed E-state index contributed by atoms with van der Waals surface area (Å²) in [6.45, 7) is 0. The molecule has 6 heteroatoms. The van der Waals surface area contributed by atoms with E-state index in [1.165, 1.54) is 7.11 Å². The topological polar surface area (TPSA) is 55.8 Å². The van der Waals surface area contributed by atoms with Crippen LogP contribution in [0.3, 0.4) is 0 Å². The van der Waals surface area contributed by atoms with Gasteiger partial charge in [-0.2, -0.15) is 0 Å². The summed E-state index contributed by atoms with van der Waals surface area (Å²) >= 11 is 6.88. The zero-order valence-electron chi connectivity index (χ0n) is 16.2. The highest BCUT2D eigenvalue weighted by molar-refractivity contribution is 9.10. The number of benzene rings is 3. The van der Waals surface area contributed by atoms with Gasteiger partial charge in [0.2, 0.25) is 5.60 Å². The number of carbonyl (C=O) groups is 1. The van der Waals surface area contributed by atoms with Crippen LogP contribution in [0.5, 0.6) is 0 Å². The molecule has 4 nitrogen and oxygen atoms in total. The SMILES string of the molecule is COC(=O)[C@@]1(c2ccc(Br)cc2)O[C@H](c2ccc(Br)cc2)C[C@]1(O)c1ccccc1. The average Bonchev–Trinajstić information content (AvgIpc) is 3.10. The Morgan fingerprint density at radius 2 is 1.50 bits per heavy atom. The lowest BCUT2D eigenvalue weighted by molar-refractivity contribution is -0.195. The molecule has 0 aliphatic carbocycles. The van der Waals surface area contributed by atoms with Crippen LogP contribution in [0, 0.1) is 0 Å². The number of esters is 1. The molecule has 1 aliphatic rings. The minimum absolute atomic E-state index is 0.198. The predicted octanol–water partition coefficient (Wildman–Crippen LogP) is 5.63. The number of aliphatic hydroxyl groups is 1. The summed E-state index contributed by atoms with van der Waals surface area (Å²) in [7, 11) is 1.31. The van der Waals surface area contributed by atoms with Gasteiger partial charge in [0.05, 0.1) is 13.2 Å². The first kappa shape index (κ1) is 21.2. The van der Waals surface area contributed by atoms with Gasteiger partial charge in [-0.05, 0) is 41.0 Å². The zero-order valence-corrected chi connectivity index (χ0v) is 19.4. The van der Waals surface area contributed by atoms with E-state index < -0.39 is 23.3 Å². The fourth-order valence-electron chi connectivity index (χ4n) is 4.13. The highest BCUT2D eigenvalue weighted by Crippen LogP contribution is 2.57. The quantitative estimate of drug-likeness (QED) is 0.443. The molecule has 3 atom stereocenters. The molecule has 3 aromatic rings. The molecular formula is C24H20Br2O4. The number of halogens is 2. The molecule has 1 N–H and O–H groups in total. The minimum Gasteiger partial charge on any atom is -0.467 e. The maximum Gasteiger partial charge on any atom is 0.346 e. The number of hydrogen-bond donors (Lipinski definition) is 1. The molecule has 30 heavy (non-hydrogen) atoms. The molecule has 1 aliphatic heterocycles. The Balaban J connectivity index is 1.94. The van der Waals surface area contributed by atoms with Crippen molar-refractivity contribution in [1.82, 2.24) is 0 Å². The zero-order chi connectivity index (χ0) is 21.4. The molecule has 0 aromatic heterocycles. The Kier molecular flexibility index (Phi) is 5.86. The van der Waals surface area contributed by atoms with Crippen LogP contribution in [0.2, 0.25) is 0 Å². The van der Waals surface area contributed by atoms with E-state index in [2.05, 4.69) is 31.9 Å². The van der Waals surface area contributed by atoms with Crippen LogP contribution in [0.4, 0.5) is 0 Å². The molecule has 1 heterocycles. The van der Waals surface area contributed by atoms with Gasteiger partial charge in [-0.1, -0.05) is 86.5 Å². The van der Waals surface area contributed by atoms with Crippen LogP contribution in [0.15, 0.2) is 87.8 Å². The van der Waals surface area contributed by atoms with Gasteiger partial charge in [0.25, 0.3) is 0 Å². The first-order valence-corrected chi connectivity index (χ1v) is 11.0. The van der Waals surface area contributed by atoms with Crippen molar-refractivity contribution in [3.8, 4) is 0 Å². The van der Waals surface area contributed by atoms with Gasteiger partial charge in [0.15, 0.2) is 0 Å². The second kappa shape index (κ2) is 8.27. The maximum absolute atomic E-state index is 13.3. The lowest BCUT2D eigenvalue weighted by atomic mass is 9.72. The summed E-state index contributed by atoms with van der Waals surface area (Å²) in [5.41, 5.74) is -1.36. The first-order chi connectivity index (χ1) is 14.4. The summed E-state index contributed by atoms with van der Waals surface area (Å²) in [5, 5.41) is 12.1. The van der Waals surface area contributed by atoms with Crippen LogP contribution in [-0.2, 0) is 25.5 Å². The van der Waals surface area contributed by atoms with E-state index in [0.717, 1.165) is 14.5 Å². The molecule has 154 valence electrons. The number of ether oxygens (including phenoxy) is 2. The number of carbonyl (C=O) groups excluding carboxylic acids is 1. The monoisotopic (exact) mass is 530 g/mol. The summed E-state index contributed by atoms with van der Waals surface area (Å²) in [6.07, 6.45) is -0.310.